The SMILES string of the molecule is COc1cccc(OCc2cc(C(=O)N3CCCC3)ccc2OC)c1. The topological polar surface area (TPSA) is 48.0 Å². The van der Waals surface area contributed by atoms with E-state index < -0.39 is 0 Å². The molecule has 1 fully saturated rings. The fraction of sp³-hybridized carbons (Fsp3) is 0.350. The molecule has 5 nitrogen and oxygen atoms in total. The lowest BCUT2D eigenvalue weighted by Crippen LogP contribution is -2.27. The van der Waals surface area contributed by atoms with E-state index in [1.54, 1.807) is 14.2 Å². The molecule has 132 valence electrons. The summed E-state index contributed by atoms with van der Waals surface area (Å²) in [5.74, 6) is 2.23. The van der Waals surface area contributed by atoms with Crippen LogP contribution in [0.2, 0.25) is 0 Å². The van der Waals surface area contributed by atoms with E-state index >= 15 is 0 Å². The van der Waals surface area contributed by atoms with Crippen LogP contribution in [0, 0.1) is 0 Å². The van der Waals surface area contributed by atoms with E-state index in [9.17, 15) is 4.79 Å². The third kappa shape index (κ3) is 4.05. The minimum Gasteiger partial charge on any atom is -0.497 e. The lowest BCUT2D eigenvalue weighted by atomic mass is 10.1. The predicted octanol–water partition coefficient (Wildman–Crippen LogP) is 3.52. The number of amides is 1. The Balaban J connectivity index is 1.76. The fourth-order valence-corrected chi connectivity index (χ4v) is 2.98. The average molecular weight is 341 g/mol. The molecule has 0 unspecified atom stereocenters. The van der Waals surface area contributed by atoms with Gasteiger partial charge in [-0.25, -0.2) is 0 Å². The molecule has 0 bridgehead atoms. The number of hydrogen-bond acceptors (Lipinski definition) is 4. The van der Waals surface area contributed by atoms with Gasteiger partial charge in [-0.05, 0) is 43.2 Å². The Labute approximate surface area is 148 Å². The van der Waals surface area contributed by atoms with Gasteiger partial charge in [0.2, 0.25) is 0 Å². The molecule has 0 saturated carbocycles. The first-order chi connectivity index (χ1) is 12.2. The first-order valence-electron chi connectivity index (χ1n) is 8.44. The van der Waals surface area contributed by atoms with Crippen molar-refractivity contribution in [1.29, 1.82) is 0 Å². The molecule has 0 aromatic heterocycles. The third-order valence-electron chi connectivity index (χ3n) is 4.36. The highest BCUT2D eigenvalue weighted by Crippen LogP contribution is 2.25. The zero-order valence-corrected chi connectivity index (χ0v) is 14.7. The molecule has 2 aromatic rings. The van der Waals surface area contributed by atoms with Crippen molar-refractivity contribution in [2.24, 2.45) is 0 Å². The van der Waals surface area contributed by atoms with E-state index in [2.05, 4.69) is 0 Å². The summed E-state index contributed by atoms with van der Waals surface area (Å²) in [6.45, 7) is 1.98. The van der Waals surface area contributed by atoms with Gasteiger partial charge >= 0.3 is 0 Å². The number of hydrogen-bond donors (Lipinski definition) is 0. The van der Waals surface area contributed by atoms with Crippen LogP contribution >= 0.6 is 0 Å². The van der Waals surface area contributed by atoms with Gasteiger partial charge in [0.15, 0.2) is 0 Å². The maximum Gasteiger partial charge on any atom is 0.253 e. The highest BCUT2D eigenvalue weighted by Gasteiger charge is 2.20. The summed E-state index contributed by atoms with van der Waals surface area (Å²) in [6, 6.07) is 12.9. The highest BCUT2D eigenvalue weighted by atomic mass is 16.5. The molecule has 0 atom stereocenters. The molecule has 2 aromatic carbocycles. The lowest BCUT2D eigenvalue weighted by Gasteiger charge is -2.17. The van der Waals surface area contributed by atoms with E-state index in [-0.39, 0.29) is 5.91 Å². The summed E-state index contributed by atoms with van der Waals surface area (Å²) in [5, 5.41) is 0. The van der Waals surface area contributed by atoms with Gasteiger partial charge in [-0.3, -0.25) is 4.79 Å². The van der Waals surface area contributed by atoms with Crippen LogP contribution < -0.4 is 14.2 Å². The molecule has 5 heteroatoms. The second-order valence-electron chi connectivity index (χ2n) is 5.99. The molecular weight excluding hydrogens is 318 g/mol. The molecular formula is C20H23NO4. The molecule has 0 radical (unpaired) electrons. The molecule has 0 aliphatic carbocycles. The van der Waals surface area contributed by atoms with Gasteiger partial charge in [0.1, 0.15) is 23.9 Å². The molecule has 1 amide bonds. The van der Waals surface area contributed by atoms with Crippen molar-refractivity contribution in [3.63, 3.8) is 0 Å². The largest absolute Gasteiger partial charge is 0.497 e. The predicted molar refractivity (Wildman–Crippen MR) is 95.5 cm³/mol. The van der Waals surface area contributed by atoms with E-state index in [1.807, 2.05) is 47.4 Å². The standard InChI is InChI=1S/C20H23NO4/c1-23-17-6-5-7-18(13-17)25-14-16-12-15(8-9-19(16)24-2)20(22)21-10-3-4-11-21/h5-9,12-13H,3-4,10-11,14H2,1-2H3. The van der Waals surface area contributed by atoms with Crippen LogP contribution in [0.15, 0.2) is 42.5 Å². The van der Waals surface area contributed by atoms with Crippen molar-refractivity contribution in [3.05, 3.63) is 53.6 Å². The van der Waals surface area contributed by atoms with Crippen molar-refractivity contribution in [3.8, 4) is 17.2 Å². The Morgan fingerprint density at radius 3 is 2.48 bits per heavy atom. The first-order valence-corrected chi connectivity index (χ1v) is 8.44. The van der Waals surface area contributed by atoms with Gasteiger partial charge in [0, 0.05) is 30.3 Å². The minimum absolute atomic E-state index is 0.0720. The van der Waals surface area contributed by atoms with Gasteiger partial charge in [-0.15, -0.1) is 0 Å². The van der Waals surface area contributed by atoms with Crippen LogP contribution in [-0.4, -0.2) is 38.1 Å². The van der Waals surface area contributed by atoms with E-state index in [0.29, 0.717) is 23.7 Å². The number of nitrogens with zero attached hydrogens (tertiary/aromatic N) is 1. The molecule has 0 spiro atoms. The van der Waals surface area contributed by atoms with Crippen LogP contribution in [0.4, 0.5) is 0 Å². The van der Waals surface area contributed by atoms with Crippen molar-refractivity contribution >= 4 is 5.91 Å². The number of benzene rings is 2. The van der Waals surface area contributed by atoms with Crippen LogP contribution in [0.3, 0.4) is 0 Å². The summed E-state index contributed by atoms with van der Waals surface area (Å²) >= 11 is 0. The molecule has 1 saturated heterocycles. The van der Waals surface area contributed by atoms with Crippen molar-refractivity contribution in [2.75, 3.05) is 27.3 Å². The van der Waals surface area contributed by atoms with E-state index in [1.165, 1.54) is 0 Å². The summed E-state index contributed by atoms with van der Waals surface area (Å²) in [7, 11) is 3.24. The third-order valence-corrected chi connectivity index (χ3v) is 4.36. The van der Waals surface area contributed by atoms with Crippen LogP contribution in [0.1, 0.15) is 28.8 Å². The Kier molecular flexibility index (Phi) is 5.43. The molecule has 0 N–H and O–H groups in total. The van der Waals surface area contributed by atoms with Crippen LogP contribution in [-0.2, 0) is 6.61 Å². The molecule has 3 rings (SSSR count). The average Bonchev–Trinajstić information content (AvgIpc) is 3.20. The summed E-state index contributed by atoms with van der Waals surface area (Å²) in [4.78, 5) is 14.5. The molecule has 1 heterocycles. The van der Waals surface area contributed by atoms with Gasteiger partial charge in [0.05, 0.1) is 14.2 Å². The van der Waals surface area contributed by atoms with E-state index in [4.69, 9.17) is 14.2 Å². The smallest absolute Gasteiger partial charge is 0.253 e. The van der Waals surface area contributed by atoms with Crippen LogP contribution in [0.25, 0.3) is 0 Å². The van der Waals surface area contributed by atoms with Crippen molar-refractivity contribution in [1.82, 2.24) is 4.90 Å². The second kappa shape index (κ2) is 7.92. The number of carbonyl (C=O) groups excluding carboxylic acids is 1. The van der Waals surface area contributed by atoms with Gasteiger partial charge in [-0.1, -0.05) is 6.07 Å². The monoisotopic (exact) mass is 341 g/mol. The van der Waals surface area contributed by atoms with Gasteiger partial charge in [-0.2, -0.15) is 0 Å². The summed E-state index contributed by atoms with van der Waals surface area (Å²) in [5.41, 5.74) is 1.52. The quantitative estimate of drug-likeness (QED) is 0.807. The zero-order valence-electron chi connectivity index (χ0n) is 14.7. The number of carbonyl (C=O) groups is 1. The maximum atomic E-state index is 12.6. The van der Waals surface area contributed by atoms with Crippen molar-refractivity contribution in [2.45, 2.75) is 19.4 Å². The first kappa shape index (κ1) is 17.1. The normalized spacial score (nSPS) is 13.6. The molecule has 1 aliphatic rings. The van der Waals surface area contributed by atoms with Gasteiger partial charge < -0.3 is 19.1 Å². The number of likely N-dealkylation sites (tertiary alicyclic amines) is 1. The number of rotatable bonds is 6. The minimum atomic E-state index is 0.0720. The summed E-state index contributed by atoms with van der Waals surface area (Å²) in [6.07, 6.45) is 2.15. The summed E-state index contributed by atoms with van der Waals surface area (Å²) < 4.78 is 16.5. The Morgan fingerprint density at radius 2 is 1.76 bits per heavy atom. The lowest BCUT2D eigenvalue weighted by molar-refractivity contribution is 0.0792. The molecule has 1 aliphatic heterocycles. The Hall–Kier alpha value is -2.69. The maximum absolute atomic E-state index is 12.6. The zero-order chi connectivity index (χ0) is 17.6. The fourth-order valence-electron chi connectivity index (χ4n) is 2.98. The Morgan fingerprint density at radius 1 is 1.00 bits per heavy atom. The second-order valence-corrected chi connectivity index (χ2v) is 5.99. The molecule has 25 heavy (non-hydrogen) atoms. The van der Waals surface area contributed by atoms with E-state index in [0.717, 1.165) is 37.2 Å². The number of methoxy groups -OCH3 is 2. The van der Waals surface area contributed by atoms with Crippen molar-refractivity contribution < 1.29 is 19.0 Å². The number of ether oxygens (including phenoxy) is 3. The Bertz CT molecular complexity index is 738. The van der Waals surface area contributed by atoms with Crippen LogP contribution in [0.5, 0.6) is 17.2 Å². The highest BCUT2D eigenvalue weighted by molar-refractivity contribution is 5.94. The van der Waals surface area contributed by atoms with Gasteiger partial charge in [0.25, 0.3) is 5.91 Å².